The van der Waals surface area contributed by atoms with Gasteiger partial charge in [0.15, 0.2) is 0 Å². The molecule has 0 unspecified atom stereocenters. The number of aryl methyl sites for hydroxylation is 1. The molecule has 0 saturated heterocycles. The van der Waals surface area contributed by atoms with Crippen LogP contribution in [0.25, 0.3) is 33.2 Å². The highest BCUT2D eigenvalue weighted by atomic mass is 16.2. The molecule has 1 fully saturated rings. The van der Waals surface area contributed by atoms with Crippen molar-refractivity contribution in [3.8, 4) is 11.3 Å². The highest BCUT2D eigenvalue weighted by Crippen LogP contribution is 2.28. The number of nitrogens with one attached hydrogen (secondary N) is 3. The smallest absolute Gasteiger partial charge is 0.319 e. The molecule has 32 heavy (non-hydrogen) atoms. The second-order valence-corrected chi connectivity index (χ2v) is 8.66. The molecule has 4 aromatic rings. The van der Waals surface area contributed by atoms with Crippen molar-refractivity contribution in [2.24, 2.45) is 13.0 Å². The SMILES string of the molecule is Cn1cc(-c2nc3ccc(NC(=O)NCC4CCCCC4)cc3[nH]c2=O)c2ccccc21. The number of para-hydroxylation sites is 1. The first-order chi connectivity index (χ1) is 15.6. The van der Waals surface area contributed by atoms with Gasteiger partial charge in [0.25, 0.3) is 5.56 Å². The third kappa shape index (κ3) is 3.98. The molecule has 0 spiro atoms. The molecule has 2 heterocycles. The number of amides is 2. The Bertz CT molecular complexity index is 1350. The third-order valence-corrected chi connectivity index (χ3v) is 6.38. The van der Waals surface area contributed by atoms with Gasteiger partial charge in [-0.1, -0.05) is 37.5 Å². The number of fused-ring (bicyclic) bond motifs is 2. The van der Waals surface area contributed by atoms with E-state index in [0.29, 0.717) is 34.9 Å². The molecule has 1 aliphatic carbocycles. The van der Waals surface area contributed by atoms with Crippen LogP contribution in [0, 0.1) is 5.92 Å². The standard InChI is InChI=1S/C25H27N5O2/c1-30-15-19(18-9-5-6-10-22(18)30)23-24(31)29-21-13-17(11-12-20(21)28-23)27-25(32)26-14-16-7-3-2-4-8-16/h5-6,9-13,15-16H,2-4,7-8,14H2,1H3,(H,29,31)(H2,26,27,32). The first-order valence-electron chi connectivity index (χ1n) is 11.2. The Hall–Kier alpha value is -3.61. The lowest BCUT2D eigenvalue weighted by Crippen LogP contribution is -2.33. The molecule has 0 aliphatic heterocycles. The number of rotatable bonds is 4. The van der Waals surface area contributed by atoms with E-state index in [1.165, 1.54) is 32.1 Å². The van der Waals surface area contributed by atoms with Crippen molar-refractivity contribution in [3.63, 3.8) is 0 Å². The summed E-state index contributed by atoms with van der Waals surface area (Å²) in [4.78, 5) is 32.8. The highest BCUT2D eigenvalue weighted by Gasteiger charge is 2.16. The Labute approximate surface area is 185 Å². The van der Waals surface area contributed by atoms with Crippen LogP contribution in [-0.2, 0) is 7.05 Å². The fraction of sp³-hybridized carbons (Fsp3) is 0.320. The van der Waals surface area contributed by atoms with Crippen molar-refractivity contribution in [1.29, 1.82) is 0 Å². The van der Waals surface area contributed by atoms with Crippen LogP contribution in [0.3, 0.4) is 0 Å². The van der Waals surface area contributed by atoms with Crippen LogP contribution in [0.2, 0.25) is 0 Å². The minimum Gasteiger partial charge on any atom is -0.350 e. The van der Waals surface area contributed by atoms with Gasteiger partial charge in [0.1, 0.15) is 5.69 Å². The van der Waals surface area contributed by atoms with Crippen molar-refractivity contribution in [3.05, 3.63) is 59.0 Å². The van der Waals surface area contributed by atoms with Crippen LogP contribution in [0.15, 0.2) is 53.5 Å². The van der Waals surface area contributed by atoms with E-state index in [9.17, 15) is 9.59 Å². The average Bonchev–Trinajstić information content (AvgIpc) is 3.14. The Morgan fingerprint density at radius 1 is 1.16 bits per heavy atom. The van der Waals surface area contributed by atoms with Crippen LogP contribution < -0.4 is 16.2 Å². The normalized spacial score (nSPS) is 14.7. The minimum absolute atomic E-state index is 0.224. The fourth-order valence-corrected chi connectivity index (χ4v) is 4.68. The topological polar surface area (TPSA) is 91.8 Å². The zero-order chi connectivity index (χ0) is 22.1. The molecule has 2 aromatic heterocycles. The second kappa shape index (κ2) is 8.49. The van der Waals surface area contributed by atoms with Gasteiger partial charge in [0, 0.05) is 41.9 Å². The van der Waals surface area contributed by atoms with E-state index in [2.05, 4.69) is 20.6 Å². The molecule has 5 rings (SSSR count). The molecule has 0 atom stereocenters. The van der Waals surface area contributed by atoms with Gasteiger partial charge in [-0.05, 0) is 43.0 Å². The van der Waals surface area contributed by atoms with Crippen molar-refractivity contribution in [2.75, 3.05) is 11.9 Å². The average molecular weight is 430 g/mol. The van der Waals surface area contributed by atoms with Crippen molar-refractivity contribution in [1.82, 2.24) is 19.9 Å². The van der Waals surface area contributed by atoms with E-state index in [1.54, 1.807) is 12.1 Å². The maximum atomic E-state index is 12.9. The lowest BCUT2D eigenvalue weighted by molar-refractivity contribution is 0.247. The Morgan fingerprint density at radius 2 is 1.97 bits per heavy atom. The second-order valence-electron chi connectivity index (χ2n) is 8.66. The molecule has 1 saturated carbocycles. The summed E-state index contributed by atoms with van der Waals surface area (Å²) >= 11 is 0. The number of carbonyl (C=O) groups is 1. The molecular formula is C25H27N5O2. The van der Waals surface area contributed by atoms with E-state index in [0.717, 1.165) is 16.5 Å². The molecule has 164 valence electrons. The molecule has 7 heteroatoms. The predicted octanol–water partition coefficient (Wildman–Crippen LogP) is 4.78. The summed E-state index contributed by atoms with van der Waals surface area (Å²) in [7, 11) is 1.96. The van der Waals surface area contributed by atoms with Crippen LogP contribution in [0.4, 0.5) is 10.5 Å². The maximum Gasteiger partial charge on any atom is 0.319 e. The number of urea groups is 1. The molecule has 2 aromatic carbocycles. The molecule has 0 radical (unpaired) electrons. The zero-order valence-electron chi connectivity index (χ0n) is 18.1. The summed E-state index contributed by atoms with van der Waals surface area (Å²) in [5.41, 5.74) is 3.85. The van der Waals surface area contributed by atoms with E-state index in [4.69, 9.17) is 0 Å². The lowest BCUT2D eigenvalue weighted by atomic mass is 9.89. The summed E-state index contributed by atoms with van der Waals surface area (Å²) < 4.78 is 1.99. The minimum atomic E-state index is -0.257. The molecule has 7 nitrogen and oxygen atoms in total. The van der Waals surface area contributed by atoms with Crippen molar-refractivity contribution in [2.45, 2.75) is 32.1 Å². The summed E-state index contributed by atoms with van der Waals surface area (Å²) in [6.07, 6.45) is 8.10. The number of benzene rings is 2. The van der Waals surface area contributed by atoms with E-state index >= 15 is 0 Å². The Balaban J connectivity index is 1.37. The van der Waals surface area contributed by atoms with E-state index in [-0.39, 0.29) is 11.6 Å². The molecule has 1 aliphatic rings. The fourth-order valence-electron chi connectivity index (χ4n) is 4.68. The number of aromatic amines is 1. The maximum absolute atomic E-state index is 12.9. The first kappa shape index (κ1) is 20.3. The van der Waals surface area contributed by atoms with Crippen LogP contribution in [0.1, 0.15) is 32.1 Å². The quantitative estimate of drug-likeness (QED) is 0.436. The summed E-state index contributed by atoms with van der Waals surface area (Å²) in [5.74, 6) is 0.569. The number of carbonyl (C=O) groups excluding carboxylic acids is 1. The van der Waals surface area contributed by atoms with Crippen molar-refractivity contribution < 1.29 is 4.79 Å². The number of nitrogens with zero attached hydrogens (tertiary/aromatic N) is 2. The van der Waals surface area contributed by atoms with Gasteiger partial charge in [-0.2, -0.15) is 0 Å². The van der Waals surface area contributed by atoms with Gasteiger partial charge in [0.2, 0.25) is 0 Å². The first-order valence-corrected chi connectivity index (χ1v) is 11.2. The van der Waals surface area contributed by atoms with Gasteiger partial charge in [-0.3, -0.25) is 4.79 Å². The Morgan fingerprint density at radius 3 is 2.81 bits per heavy atom. The van der Waals surface area contributed by atoms with Crippen molar-refractivity contribution >= 4 is 33.7 Å². The van der Waals surface area contributed by atoms with Gasteiger partial charge in [-0.15, -0.1) is 0 Å². The molecule has 2 amide bonds. The van der Waals surface area contributed by atoms with E-state index < -0.39 is 0 Å². The highest BCUT2D eigenvalue weighted by molar-refractivity contribution is 5.96. The third-order valence-electron chi connectivity index (χ3n) is 6.38. The monoisotopic (exact) mass is 429 g/mol. The van der Waals surface area contributed by atoms with Gasteiger partial charge in [-0.25, -0.2) is 9.78 Å². The molecular weight excluding hydrogens is 402 g/mol. The Kier molecular flexibility index (Phi) is 5.39. The number of anilines is 1. The number of H-pyrrole nitrogens is 1. The van der Waals surface area contributed by atoms with E-state index in [1.807, 2.05) is 48.1 Å². The number of hydrogen-bond acceptors (Lipinski definition) is 3. The van der Waals surface area contributed by atoms with Crippen LogP contribution >= 0.6 is 0 Å². The largest absolute Gasteiger partial charge is 0.350 e. The number of aromatic nitrogens is 3. The summed E-state index contributed by atoms with van der Waals surface area (Å²) in [5, 5.41) is 6.82. The van der Waals surface area contributed by atoms with Gasteiger partial charge >= 0.3 is 6.03 Å². The van der Waals surface area contributed by atoms with Gasteiger partial charge in [0.05, 0.1) is 11.0 Å². The van der Waals surface area contributed by atoms with Gasteiger partial charge < -0.3 is 20.2 Å². The zero-order valence-corrected chi connectivity index (χ0v) is 18.1. The summed E-state index contributed by atoms with van der Waals surface area (Å²) in [6.45, 7) is 0.701. The molecule has 0 bridgehead atoms. The predicted molar refractivity (Wildman–Crippen MR) is 128 cm³/mol. The lowest BCUT2D eigenvalue weighted by Gasteiger charge is -2.21. The number of hydrogen-bond donors (Lipinski definition) is 3. The summed E-state index contributed by atoms with van der Waals surface area (Å²) in [6, 6.07) is 13.1. The van der Waals surface area contributed by atoms with Crippen LogP contribution in [0.5, 0.6) is 0 Å². The van der Waals surface area contributed by atoms with Crippen LogP contribution in [-0.4, -0.2) is 27.1 Å². The molecule has 3 N–H and O–H groups in total.